The molecule has 110 valence electrons. The molecule has 0 atom stereocenters. The molecule has 0 saturated heterocycles. The molecule has 0 saturated carbocycles. The average molecular weight is 292 g/mol. The van der Waals surface area contributed by atoms with E-state index in [2.05, 4.69) is 11.4 Å². The Morgan fingerprint density at radius 2 is 2.00 bits per heavy atom. The fraction of sp³-hybridized carbons (Fsp3) is 0.222. The third-order valence-corrected chi connectivity index (χ3v) is 3.72. The Kier molecular flexibility index (Phi) is 4.06. The molecular weight excluding hydrogens is 276 g/mol. The highest BCUT2D eigenvalue weighted by Gasteiger charge is 2.15. The van der Waals surface area contributed by atoms with E-state index in [1.165, 1.54) is 0 Å². The number of ether oxygens (including phenoxy) is 1. The maximum atomic E-state index is 11.9. The number of hydrogen-bond donors (Lipinski definition) is 1. The van der Waals surface area contributed by atoms with E-state index in [4.69, 9.17) is 10.00 Å². The summed E-state index contributed by atoms with van der Waals surface area (Å²) < 4.78 is 5.79. The molecule has 2 aromatic carbocycles. The molecule has 3 rings (SSSR count). The molecule has 1 aliphatic rings. The lowest BCUT2D eigenvalue weighted by Crippen LogP contribution is -2.22. The van der Waals surface area contributed by atoms with Crippen molar-refractivity contribution in [1.29, 1.82) is 5.26 Å². The van der Waals surface area contributed by atoms with Crippen LogP contribution in [0, 0.1) is 11.3 Å². The molecule has 1 N–H and O–H groups in total. The summed E-state index contributed by atoms with van der Waals surface area (Å²) in [4.78, 5) is 11.9. The molecule has 1 aliphatic heterocycles. The number of benzene rings is 2. The van der Waals surface area contributed by atoms with Gasteiger partial charge in [0.1, 0.15) is 12.4 Å². The summed E-state index contributed by atoms with van der Waals surface area (Å²) >= 11 is 0. The molecule has 4 heteroatoms. The molecular formula is C18H16N2O2. The summed E-state index contributed by atoms with van der Waals surface area (Å²) in [6, 6.07) is 15.0. The standard InChI is InChI=1S/C18H16N2O2/c19-11-13-3-5-14(6-4-13)12-22-16-7-8-17-15(10-16)2-1-9-20-18(17)21/h3-8,10H,1-2,9,12H2,(H,20,21). The minimum absolute atomic E-state index is 0.00820. The second-order valence-electron chi connectivity index (χ2n) is 5.28. The number of rotatable bonds is 3. The number of fused-ring (bicyclic) bond motifs is 1. The van der Waals surface area contributed by atoms with Gasteiger partial charge in [0.2, 0.25) is 0 Å². The Balaban J connectivity index is 1.71. The van der Waals surface area contributed by atoms with Crippen LogP contribution in [0.4, 0.5) is 0 Å². The second-order valence-corrected chi connectivity index (χ2v) is 5.28. The number of nitrogens with one attached hydrogen (secondary N) is 1. The first-order valence-corrected chi connectivity index (χ1v) is 7.29. The van der Waals surface area contributed by atoms with Gasteiger partial charge in [-0.1, -0.05) is 12.1 Å². The third kappa shape index (κ3) is 3.09. The normalized spacial score (nSPS) is 13.5. The SMILES string of the molecule is N#Cc1ccc(COc2ccc3c(c2)CCCNC3=O)cc1. The predicted molar refractivity (Wildman–Crippen MR) is 82.6 cm³/mol. The lowest BCUT2D eigenvalue weighted by atomic mass is 10.0. The maximum absolute atomic E-state index is 11.9. The van der Waals surface area contributed by atoms with Crippen LogP contribution in [0.3, 0.4) is 0 Å². The Bertz CT molecular complexity index is 730. The molecule has 4 nitrogen and oxygen atoms in total. The Morgan fingerprint density at radius 3 is 2.77 bits per heavy atom. The number of aryl methyl sites for hydroxylation is 1. The summed E-state index contributed by atoms with van der Waals surface area (Å²) in [5.74, 6) is 0.754. The average Bonchev–Trinajstić information content (AvgIpc) is 2.75. The van der Waals surface area contributed by atoms with E-state index in [1.807, 2.05) is 30.3 Å². The molecule has 22 heavy (non-hydrogen) atoms. The monoisotopic (exact) mass is 292 g/mol. The van der Waals surface area contributed by atoms with Crippen molar-refractivity contribution in [2.75, 3.05) is 6.54 Å². The van der Waals surface area contributed by atoms with Crippen molar-refractivity contribution in [3.05, 3.63) is 64.7 Å². The van der Waals surface area contributed by atoms with E-state index in [-0.39, 0.29) is 5.91 Å². The third-order valence-electron chi connectivity index (χ3n) is 3.72. The second kappa shape index (κ2) is 6.31. The van der Waals surface area contributed by atoms with Crippen LogP contribution in [-0.2, 0) is 13.0 Å². The van der Waals surface area contributed by atoms with Crippen molar-refractivity contribution in [3.8, 4) is 11.8 Å². The highest BCUT2D eigenvalue weighted by molar-refractivity contribution is 5.96. The highest BCUT2D eigenvalue weighted by atomic mass is 16.5. The molecule has 0 spiro atoms. The maximum Gasteiger partial charge on any atom is 0.251 e. The fourth-order valence-electron chi connectivity index (χ4n) is 2.51. The molecule has 0 fully saturated rings. The van der Waals surface area contributed by atoms with Crippen LogP contribution in [0.25, 0.3) is 0 Å². The summed E-state index contributed by atoms with van der Waals surface area (Å²) in [6.07, 6.45) is 1.82. The number of hydrogen-bond acceptors (Lipinski definition) is 3. The van der Waals surface area contributed by atoms with Crippen LogP contribution < -0.4 is 10.1 Å². The van der Waals surface area contributed by atoms with Gasteiger partial charge in [0.15, 0.2) is 0 Å². The molecule has 1 amide bonds. The van der Waals surface area contributed by atoms with Crippen LogP contribution in [0.15, 0.2) is 42.5 Å². The summed E-state index contributed by atoms with van der Waals surface area (Å²) in [6.45, 7) is 1.16. The largest absolute Gasteiger partial charge is 0.489 e. The van der Waals surface area contributed by atoms with Crippen molar-refractivity contribution >= 4 is 5.91 Å². The number of nitrogens with zero attached hydrogens (tertiary/aromatic N) is 1. The minimum atomic E-state index is -0.00820. The quantitative estimate of drug-likeness (QED) is 0.946. The van der Waals surface area contributed by atoms with Crippen LogP contribution in [0.1, 0.15) is 33.5 Å². The van der Waals surface area contributed by atoms with E-state index in [1.54, 1.807) is 12.1 Å². The Morgan fingerprint density at radius 1 is 1.18 bits per heavy atom. The Hall–Kier alpha value is -2.80. The van der Waals surface area contributed by atoms with Gasteiger partial charge in [-0.2, -0.15) is 5.26 Å². The molecule has 0 aromatic heterocycles. The van der Waals surface area contributed by atoms with Gasteiger partial charge < -0.3 is 10.1 Å². The topological polar surface area (TPSA) is 62.1 Å². The number of carbonyl (C=O) groups is 1. The smallest absolute Gasteiger partial charge is 0.251 e. The van der Waals surface area contributed by atoms with Gasteiger partial charge in [0.05, 0.1) is 11.6 Å². The highest BCUT2D eigenvalue weighted by Crippen LogP contribution is 2.22. The van der Waals surface area contributed by atoms with Crippen molar-refractivity contribution in [2.45, 2.75) is 19.4 Å². The first-order chi connectivity index (χ1) is 10.8. The fourth-order valence-corrected chi connectivity index (χ4v) is 2.51. The van der Waals surface area contributed by atoms with E-state index in [9.17, 15) is 4.79 Å². The van der Waals surface area contributed by atoms with Gasteiger partial charge >= 0.3 is 0 Å². The molecule has 1 heterocycles. The van der Waals surface area contributed by atoms with Gasteiger partial charge in [-0.25, -0.2) is 0 Å². The number of nitriles is 1. The summed E-state index contributed by atoms with van der Waals surface area (Å²) in [5.41, 5.74) is 3.42. The van der Waals surface area contributed by atoms with Crippen molar-refractivity contribution in [2.24, 2.45) is 0 Å². The van der Waals surface area contributed by atoms with Crippen LogP contribution in [0.5, 0.6) is 5.75 Å². The zero-order chi connectivity index (χ0) is 15.4. The molecule has 0 bridgehead atoms. The van der Waals surface area contributed by atoms with Gasteiger partial charge in [0, 0.05) is 12.1 Å². The van der Waals surface area contributed by atoms with Crippen LogP contribution >= 0.6 is 0 Å². The van der Waals surface area contributed by atoms with Gasteiger partial charge in [-0.15, -0.1) is 0 Å². The number of carbonyl (C=O) groups excluding carboxylic acids is 1. The molecule has 0 aliphatic carbocycles. The van der Waals surface area contributed by atoms with Gasteiger partial charge in [-0.3, -0.25) is 4.79 Å². The van der Waals surface area contributed by atoms with Crippen molar-refractivity contribution < 1.29 is 9.53 Å². The zero-order valence-corrected chi connectivity index (χ0v) is 12.1. The van der Waals surface area contributed by atoms with E-state index in [0.29, 0.717) is 12.2 Å². The first-order valence-electron chi connectivity index (χ1n) is 7.29. The van der Waals surface area contributed by atoms with E-state index < -0.39 is 0 Å². The van der Waals surface area contributed by atoms with Gasteiger partial charge in [0.25, 0.3) is 5.91 Å². The zero-order valence-electron chi connectivity index (χ0n) is 12.1. The summed E-state index contributed by atoms with van der Waals surface area (Å²) in [5, 5.41) is 11.7. The van der Waals surface area contributed by atoms with Gasteiger partial charge in [-0.05, 0) is 54.3 Å². The first kappa shape index (κ1) is 14.2. The summed E-state index contributed by atoms with van der Waals surface area (Å²) in [7, 11) is 0. The van der Waals surface area contributed by atoms with E-state index >= 15 is 0 Å². The van der Waals surface area contributed by atoms with Crippen molar-refractivity contribution in [1.82, 2.24) is 5.32 Å². The lowest BCUT2D eigenvalue weighted by molar-refractivity contribution is 0.0956. The van der Waals surface area contributed by atoms with Crippen LogP contribution in [0.2, 0.25) is 0 Å². The molecule has 2 aromatic rings. The van der Waals surface area contributed by atoms with Crippen molar-refractivity contribution in [3.63, 3.8) is 0 Å². The van der Waals surface area contributed by atoms with Crippen LogP contribution in [-0.4, -0.2) is 12.5 Å². The Labute approximate surface area is 129 Å². The lowest BCUT2D eigenvalue weighted by Gasteiger charge is -2.10. The number of amides is 1. The van der Waals surface area contributed by atoms with E-state index in [0.717, 1.165) is 41.8 Å². The predicted octanol–water partition coefficient (Wildman–Crippen LogP) is 2.81. The minimum Gasteiger partial charge on any atom is -0.489 e. The molecule has 0 unspecified atom stereocenters. The molecule has 0 radical (unpaired) electrons.